The maximum absolute atomic E-state index is 12.9. The van der Waals surface area contributed by atoms with E-state index >= 15 is 0 Å². The Morgan fingerprint density at radius 3 is 2.56 bits per heavy atom. The van der Waals surface area contributed by atoms with E-state index in [1.807, 2.05) is 18.2 Å². The number of fused-ring (bicyclic) bond motifs is 1. The molecule has 32 heavy (non-hydrogen) atoms. The third-order valence-corrected chi connectivity index (χ3v) is 7.50. The lowest BCUT2D eigenvalue weighted by atomic mass is 10.0. The van der Waals surface area contributed by atoms with Crippen molar-refractivity contribution >= 4 is 38.1 Å². The van der Waals surface area contributed by atoms with Crippen LogP contribution in [0.15, 0.2) is 40.0 Å². The van der Waals surface area contributed by atoms with Crippen LogP contribution >= 0.6 is 0 Å². The lowest BCUT2D eigenvalue weighted by molar-refractivity contribution is -0.117. The molecule has 2 N–H and O–H groups in total. The average molecular weight is 458 g/mol. The van der Waals surface area contributed by atoms with Crippen LogP contribution < -0.4 is 14.9 Å². The molecule has 0 unspecified atom stereocenters. The molecule has 0 spiro atoms. The van der Waals surface area contributed by atoms with Gasteiger partial charge >= 0.3 is 0 Å². The Kier molecular flexibility index (Phi) is 6.16. The second-order valence-electron chi connectivity index (χ2n) is 8.09. The van der Waals surface area contributed by atoms with Gasteiger partial charge in [-0.3, -0.25) is 9.78 Å². The number of pyridine rings is 1. The molecule has 170 valence electrons. The number of hydrogen-bond donors (Lipinski definition) is 2. The summed E-state index contributed by atoms with van der Waals surface area (Å²) in [7, 11) is -3.96. The number of carbonyl (C=O) groups is 1. The summed E-state index contributed by atoms with van der Waals surface area (Å²) in [5.41, 5.74) is 1.95. The van der Waals surface area contributed by atoms with Crippen LogP contribution in [0.4, 0.5) is 11.4 Å². The molecule has 0 aliphatic carbocycles. The van der Waals surface area contributed by atoms with Gasteiger partial charge in [-0.2, -0.15) is 4.72 Å². The van der Waals surface area contributed by atoms with Gasteiger partial charge in [-0.1, -0.05) is 5.16 Å². The molecule has 2 aromatic heterocycles. The summed E-state index contributed by atoms with van der Waals surface area (Å²) in [6, 6.07) is 4.78. The Labute approximate surface area is 187 Å². The zero-order valence-corrected chi connectivity index (χ0v) is 19.2. The number of rotatable bonds is 6. The van der Waals surface area contributed by atoms with Crippen molar-refractivity contribution in [2.24, 2.45) is 0 Å². The maximum Gasteiger partial charge on any atom is 0.246 e. The highest BCUT2D eigenvalue weighted by Crippen LogP contribution is 2.33. The summed E-state index contributed by atoms with van der Waals surface area (Å²) in [5, 5.41) is 8.34. The summed E-state index contributed by atoms with van der Waals surface area (Å²) < 4.78 is 32.8. The van der Waals surface area contributed by atoms with Crippen LogP contribution in [-0.2, 0) is 14.8 Å². The normalized spacial score (nSPS) is 15.7. The van der Waals surface area contributed by atoms with Gasteiger partial charge < -0.3 is 14.7 Å². The van der Waals surface area contributed by atoms with Gasteiger partial charge in [-0.25, -0.2) is 8.42 Å². The van der Waals surface area contributed by atoms with Crippen molar-refractivity contribution in [3.05, 3.63) is 42.0 Å². The van der Waals surface area contributed by atoms with E-state index in [1.165, 1.54) is 20.3 Å². The topological polar surface area (TPSA) is 117 Å². The molecule has 1 amide bonds. The number of hydrogen-bond acceptors (Lipinski definition) is 7. The van der Waals surface area contributed by atoms with E-state index in [9.17, 15) is 13.2 Å². The Morgan fingerprint density at radius 2 is 1.88 bits per heavy atom. The molecule has 0 saturated carbocycles. The summed E-state index contributed by atoms with van der Waals surface area (Å²) in [6.45, 7) is 6.56. The first-order chi connectivity index (χ1) is 15.3. The minimum Gasteiger partial charge on any atom is -0.371 e. The standard InChI is InChI=1S/C22H27N5O4S/c1-14-21(16(3)31-25-14)32(29,30)26-15(2)22(28)24-19-7-8-20(27-11-5-4-6-12-27)17-9-10-23-13-18(17)19/h7-10,13,15,26H,4-6,11-12H2,1-3H3,(H,24,28)/t15-/m0/s1. The van der Waals surface area contributed by atoms with Crippen LogP contribution in [0.3, 0.4) is 0 Å². The van der Waals surface area contributed by atoms with Crippen molar-refractivity contribution in [1.29, 1.82) is 0 Å². The van der Waals surface area contributed by atoms with Crippen LogP contribution in [0.1, 0.15) is 37.6 Å². The summed E-state index contributed by atoms with van der Waals surface area (Å²) in [4.78, 5) is 19.4. The van der Waals surface area contributed by atoms with E-state index < -0.39 is 22.0 Å². The Bertz CT molecular complexity index is 1230. The molecule has 1 fully saturated rings. The molecule has 4 rings (SSSR count). The van der Waals surface area contributed by atoms with Gasteiger partial charge in [0, 0.05) is 41.9 Å². The summed E-state index contributed by atoms with van der Waals surface area (Å²) in [6.07, 6.45) is 7.02. The molecule has 1 aliphatic heterocycles. The number of nitrogens with one attached hydrogen (secondary N) is 2. The molecule has 1 aromatic carbocycles. The molecular weight excluding hydrogens is 430 g/mol. The maximum atomic E-state index is 12.9. The molecule has 1 saturated heterocycles. The molecule has 0 bridgehead atoms. The first-order valence-corrected chi connectivity index (χ1v) is 12.1. The van der Waals surface area contributed by atoms with Gasteiger partial charge in [0.1, 0.15) is 10.6 Å². The number of anilines is 2. The lowest BCUT2D eigenvalue weighted by Gasteiger charge is -2.30. The monoisotopic (exact) mass is 457 g/mol. The van der Waals surface area contributed by atoms with Crippen LogP contribution in [0.5, 0.6) is 0 Å². The number of benzene rings is 1. The van der Waals surface area contributed by atoms with Crippen molar-refractivity contribution in [2.45, 2.75) is 51.0 Å². The second-order valence-corrected chi connectivity index (χ2v) is 9.74. The highest BCUT2D eigenvalue weighted by Gasteiger charge is 2.28. The molecule has 3 heterocycles. The van der Waals surface area contributed by atoms with E-state index in [0.29, 0.717) is 5.69 Å². The number of piperidine rings is 1. The quantitative estimate of drug-likeness (QED) is 0.584. The van der Waals surface area contributed by atoms with E-state index in [4.69, 9.17) is 4.52 Å². The second kappa shape index (κ2) is 8.87. The lowest BCUT2D eigenvalue weighted by Crippen LogP contribution is -2.41. The molecule has 1 atom stereocenters. The molecule has 0 radical (unpaired) electrons. The van der Waals surface area contributed by atoms with Crippen molar-refractivity contribution < 1.29 is 17.7 Å². The number of aromatic nitrogens is 2. The number of carbonyl (C=O) groups excluding carboxylic acids is 1. The fourth-order valence-electron chi connectivity index (χ4n) is 4.14. The fraction of sp³-hybridized carbons (Fsp3) is 0.409. The van der Waals surface area contributed by atoms with E-state index in [1.54, 1.807) is 19.3 Å². The van der Waals surface area contributed by atoms with Gasteiger partial charge in [-0.05, 0) is 58.2 Å². The van der Waals surface area contributed by atoms with Crippen LogP contribution in [0, 0.1) is 13.8 Å². The van der Waals surface area contributed by atoms with E-state index in [0.717, 1.165) is 42.4 Å². The number of nitrogens with zero attached hydrogens (tertiary/aromatic N) is 3. The third-order valence-electron chi connectivity index (χ3n) is 5.71. The molecule has 1 aliphatic rings. The first kappa shape index (κ1) is 22.2. The van der Waals surface area contributed by atoms with Gasteiger partial charge in [0.25, 0.3) is 0 Å². The first-order valence-electron chi connectivity index (χ1n) is 10.7. The predicted molar refractivity (Wildman–Crippen MR) is 122 cm³/mol. The van der Waals surface area contributed by atoms with Crippen LogP contribution in [-0.4, -0.2) is 43.6 Å². The van der Waals surface area contributed by atoms with Crippen LogP contribution in [0.2, 0.25) is 0 Å². The largest absolute Gasteiger partial charge is 0.371 e. The SMILES string of the molecule is Cc1noc(C)c1S(=O)(=O)N[C@@H](C)C(=O)Nc1ccc(N2CCCCC2)c2ccncc12. The smallest absolute Gasteiger partial charge is 0.246 e. The molecular formula is C22H27N5O4S. The van der Waals surface area contributed by atoms with Crippen molar-refractivity contribution in [1.82, 2.24) is 14.9 Å². The minimum atomic E-state index is -3.96. The van der Waals surface area contributed by atoms with Crippen LogP contribution in [0.25, 0.3) is 10.8 Å². The Morgan fingerprint density at radius 1 is 1.12 bits per heavy atom. The average Bonchev–Trinajstić information content (AvgIpc) is 3.13. The Balaban J connectivity index is 1.56. The molecule has 10 heteroatoms. The summed E-state index contributed by atoms with van der Waals surface area (Å²) >= 11 is 0. The van der Waals surface area contributed by atoms with E-state index in [2.05, 4.69) is 25.1 Å². The fourth-order valence-corrected chi connectivity index (χ4v) is 5.67. The van der Waals surface area contributed by atoms with Crippen molar-refractivity contribution in [3.63, 3.8) is 0 Å². The van der Waals surface area contributed by atoms with Gasteiger partial charge in [0.2, 0.25) is 15.9 Å². The van der Waals surface area contributed by atoms with Crippen molar-refractivity contribution in [2.75, 3.05) is 23.3 Å². The Hall–Kier alpha value is -2.98. The van der Waals surface area contributed by atoms with Gasteiger partial charge in [-0.15, -0.1) is 0 Å². The highest BCUT2D eigenvalue weighted by molar-refractivity contribution is 7.89. The number of aryl methyl sites for hydroxylation is 2. The van der Waals surface area contributed by atoms with Gasteiger partial charge in [0.15, 0.2) is 5.76 Å². The van der Waals surface area contributed by atoms with E-state index in [-0.39, 0.29) is 16.3 Å². The summed E-state index contributed by atoms with van der Waals surface area (Å²) in [5.74, 6) is -0.302. The minimum absolute atomic E-state index is 0.0438. The predicted octanol–water partition coefficient (Wildman–Crippen LogP) is 3.14. The molecule has 9 nitrogen and oxygen atoms in total. The van der Waals surface area contributed by atoms with Gasteiger partial charge in [0.05, 0.1) is 11.7 Å². The van der Waals surface area contributed by atoms with Crippen molar-refractivity contribution in [3.8, 4) is 0 Å². The zero-order valence-electron chi connectivity index (χ0n) is 18.4. The zero-order chi connectivity index (χ0) is 22.9. The molecule has 3 aromatic rings. The highest BCUT2D eigenvalue weighted by atomic mass is 32.2. The number of sulfonamides is 1. The number of amides is 1. The third kappa shape index (κ3) is 4.33.